The minimum Gasteiger partial charge on any atom is -0.463 e. The van der Waals surface area contributed by atoms with E-state index in [0.717, 1.165) is 6.08 Å². The van der Waals surface area contributed by atoms with E-state index in [1.54, 1.807) is 20.8 Å². The molecule has 0 aromatic rings. The molecular weight excluding hydrogens is 228 g/mol. The van der Waals surface area contributed by atoms with Gasteiger partial charge in [0.05, 0.1) is 19.8 Å². The Hall–Kier alpha value is -1.85. The van der Waals surface area contributed by atoms with Crippen molar-refractivity contribution in [2.45, 2.75) is 20.8 Å². The van der Waals surface area contributed by atoms with Crippen molar-refractivity contribution in [2.75, 3.05) is 19.8 Å². The van der Waals surface area contributed by atoms with Gasteiger partial charge in [-0.2, -0.15) is 0 Å². The van der Waals surface area contributed by atoms with E-state index < -0.39 is 23.5 Å². The summed E-state index contributed by atoms with van der Waals surface area (Å²) in [4.78, 5) is 34.0. The molecule has 0 N–H and O–H groups in total. The average Bonchev–Trinajstić information content (AvgIpc) is 2.26. The van der Waals surface area contributed by atoms with Gasteiger partial charge >= 0.3 is 17.9 Å². The zero-order valence-corrected chi connectivity index (χ0v) is 10.1. The summed E-state index contributed by atoms with van der Waals surface area (Å²) in [6, 6.07) is 0. The summed E-state index contributed by atoms with van der Waals surface area (Å²) >= 11 is 0. The SMILES string of the molecule is CCOC(=O)C=C(C(=O)OCC)C(=O)OCC. The van der Waals surface area contributed by atoms with Gasteiger partial charge in [0, 0.05) is 6.08 Å². The second-order valence-corrected chi connectivity index (χ2v) is 2.75. The van der Waals surface area contributed by atoms with E-state index in [4.69, 9.17) is 0 Å². The van der Waals surface area contributed by atoms with Gasteiger partial charge in [0.15, 0.2) is 5.57 Å². The van der Waals surface area contributed by atoms with Gasteiger partial charge in [-0.15, -0.1) is 0 Å². The molecule has 6 nitrogen and oxygen atoms in total. The zero-order chi connectivity index (χ0) is 13.3. The summed E-state index contributed by atoms with van der Waals surface area (Å²) in [5, 5.41) is 0. The molecule has 0 aromatic carbocycles. The highest BCUT2D eigenvalue weighted by Gasteiger charge is 2.22. The maximum Gasteiger partial charge on any atom is 0.345 e. The van der Waals surface area contributed by atoms with E-state index in [2.05, 4.69) is 14.2 Å². The van der Waals surface area contributed by atoms with Crippen LogP contribution in [0.4, 0.5) is 0 Å². The predicted molar refractivity (Wildman–Crippen MR) is 58.0 cm³/mol. The molecular formula is C11H16O6. The minimum atomic E-state index is -0.904. The van der Waals surface area contributed by atoms with E-state index in [-0.39, 0.29) is 19.8 Å². The molecule has 0 saturated carbocycles. The van der Waals surface area contributed by atoms with Crippen molar-refractivity contribution in [3.05, 3.63) is 11.6 Å². The highest BCUT2D eigenvalue weighted by atomic mass is 16.6. The second-order valence-electron chi connectivity index (χ2n) is 2.75. The van der Waals surface area contributed by atoms with Crippen LogP contribution in [0.1, 0.15) is 20.8 Å². The molecule has 0 aliphatic carbocycles. The smallest absolute Gasteiger partial charge is 0.345 e. The summed E-state index contributed by atoms with van der Waals surface area (Å²) in [6.45, 7) is 5.13. The van der Waals surface area contributed by atoms with E-state index in [0.29, 0.717) is 0 Å². The average molecular weight is 244 g/mol. The number of esters is 3. The number of hydrogen-bond acceptors (Lipinski definition) is 6. The molecule has 0 radical (unpaired) electrons. The fourth-order valence-corrected chi connectivity index (χ4v) is 0.921. The maximum atomic E-state index is 11.4. The van der Waals surface area contributed by atoms with Crippen LogP contribution >= 0.6 is 0 Å². The molecule has 0 bridgehead atoms. The van der Waals surface area contributed by atoms with Crippen molar-refractivity contribution >= 4 is 17.9 Å². The Bertz CT molecular complexity index is 298. The summed E-state index contributed by atoms with van der Waals surface area (Å²) in [7, 11) is 0. The van der Waals surface area contributed by atoms with E-state index in [9.17, 15) is 14.4 Å². The number of hydrogen-bond donors (Lipinski definition) is 0. The van der Waals surface area contributed by atoms with E-state index >= 15 is 0 Å². The third-order valence-corrected chi connectivity index (χ3v) is 1.54. The lowest BCUT2D eigenvalue weighted by Gasteiger charge is -2.06. The third kappa shape index (κ3) is 5.70. The fourth-order valence-electron chi connectivity index (χ4n) is 0.921. The van der Waals surface area contributed by atoms with Crippen LogP contribution in [-0.4, -0.2) is 37.7 Å². The quantitative estimate of drug-likeness (QED) is 0.224. The lowest BCUT2D eigenvalue weighted by Crippen LogP contribution is -2.20. The Morgan fingerprint density at radius 3 is 1.59 bits per heavy atom. The molecule has 6 heteroatoms. The van der Waals surface area contributed by atoms with Crippen LogP contribution in [0.2, 0.25) is 0 Å². The largest absolute Gasteiger partial charge is 0.463 e. The summed E-state index contributed by atoms with van der Waals surface area (Å²) < 4.78 is 13.9. The Morgan fingerprint density at radius 2 is 1.24 bits per heavy atom. The first-order chi connectivity index (χ1) is 8.06. The van der Waals surface area contributed by atoms with Crippen LogP contribution in [0.5, 0.6) is 0 Å². The van der Waals surface area contributed by atoms with Gasteiger partial charge in [-0.1, -0.05) is 0 Å². The van der Waals surface area contributed by atoms with Gasteiger partial charge in [0.25, 0.3) is 0 Å². The third-order valence-electron chi connectivity index (χ3n) is 1.54. The molecule has 0 amide bonds. The van der Waals surface area contributed by atoms with Gasteiger partial charge in [0.1, 0.15) is 0 Å². The highest BCUT2D eigenvalue weighted by Crippen LogP contribution is 2.03. The molecule has 0 aromatic heterocycles. The first kappa shape index (κ1) is 15.2. The summed E-state index contributed by atoms with van der Waals surface area (Å²) in [5.41, 5.74) is -0.466. The van der Waals surface area contributed by atoms with Crippen LogP contribution < -0.4 is 0 Å². The standard InChI is InChI=1S/C11H16O6/c1-4-15-9(12)7-8(10(13)16-5-2)11(14)17-6-3/h7H,4-6H2,1-3H3. The normalized spacial score (nSPS) is 9.12. The van der Waals surface area contributed by atoms with Gasteiger partial charge < -0.3 is 14.2 Å². The first-order valence-corrected chi connectivity index (χ1v) is 5.29. The molecule has 0 unspecified atom stereocenters. The lowest BCUT2D eigenvalue weighted by atomic mass is 10.2. The van der Waals surface area contributed by atoms with Crippen molar-refractivity contribution in [3.8, 4) is 0 Å². The van der Waals surface area contributed by atoms with E-state index in [1.807, 2.05) is 0 Å². The Morgan fingerprint density at radius 1 is 0.824 bits per heavy atom. The van der Waals surface area contributed by atoms with Crippen molar-refractivity contribution in [3.63, 3.8) is 0 Å². The van der Waals surface area contributed by atoms with Crippen LogP contribution in [0.15, 0.2) is 11.6 Å². The number of carbonyl (C=O) groups is 3. The molecule has 0 saturated heterocycles. The molecule has 0 atom stereocenters. The number of ether oxygens (including phenoxy) is 3. The van der Waals surface area contributed by atoms with E-state index in [1.165, 1.54) is 0 Å². The van der Waals surface area contributed by atoms with Crippen molar-refractivity contribution in [1.82, 2.24) is 0 Å². The van der Waals surface area contributed by atoms with Crippen LogP contribution in [0.3, 0.4) is 0 Å². The summed E-state index contributed by atoms with van der Waals surface area (Å²) in [5.74, 6) is -2.60. The molecule has 0 spiro atoms. The Labute approximate surface area is 99.5 Å². The molecule has 0 aliphatic heterocycles. The Kier molecular flexibility index (Phi) is 7.41. The van der Waals surface area contributed by atoms with Crippen molar-refractivity contribution in [1.29, 1.82) is 0 Å². The van der Waals surface area contributed by atoms with Crippen LogP contribution in [0, 0.1) is 0 Å². The second kappa shape index (κ2) is 8.32. The number of rotatable bonds is 6. The number of carbonyl (C=O) groups excluding carboxylic acids is 3. The van der Waals surface area contributed by atoms with Crippen LogP contribution in [0.25, 0.3) is 0 Å². The molecule has 0 heterocycles. The first-order valence-electron chi connectivity index (χ1n) is 5.29. The van der Waals surface area contributed by atoms with Gasteiger partial charge in [-0.05, 0) is 20.8 Å². The molecule has 0 fully saturated rings. The topological polar surface area (TPSA) is 78.9 Å². The Balaban J connectivity index is 4.89. The zero-order valence-electron chi connectivity index (χ0n) is 10.1. The lowest BCUT2D eigenvalue weighted by molar-refractivity contribution is -0.148. The maximum absolute atomic E-state index is 11.4. The van der Waals surface area contributed by atoms with Crippen molar-refractivity contribution < 1.29 is 28.6 Å². The molecule has 17 heavy (non-hydrogen) atoms. The highest BCUT2D eigenvalue weighted by molar-refractivity contribution is 6.17. The van der Waals surface area contributed by atoms with Crippen LogP contribution in [-0.2, 0) is 28.6 Å². The van der Waals surface area contributed by atoms with Crippen molar-refractivity contribution in [2.24, 2.45) is 0 Å². The fraction of sp³-hybridized carbons (Fsp3) is 0.545. The monoisotopic (exact) mass is 244 g/mol. The molecule has 0 aliphatic rings. The minimum absolute atomic E-state index is 0.0956. The summed E-state index contributed by atoms with van der Waals surface area (Å²) in [6.07, 6.45) is 0.777. The molecule has 0 rings (SSSR count). The van der Waals surface area contributed by atoms with Gasteiger partial charge in [-0.3, -0.25) is 0 Å². The predicted octanol–water partition coefficient (Wildman–Crippen LogP) is 0.602. The van der Waals surface area contributed by atoms with Gasteiger partial charge in [-0.25, -0.2) is 14.4 Å². The molecule has 96 valence electrons. The van der Waals surface area contributed by atoms with Gasteiger partial charge in [0.2, 0.25) is 0 Å².